The second-order valence-corrected chi connectivity index (χ2v) is 10.3. The number of rotatable bonds is 7. The van der Waals surface area contributed by atoms with Crippen LogP contribution in [0.1, 0.15) is 27.0 Å². The Bertz CT molecular complexity index is 1450. The molecule has 3 amide bonds. The van der Waals surface area contributed by atoms with E-state index < -0.39 is 29.6 Å². The minimum atomic E-state index is -0.580. The van der Waals surface area contributed by atoms with Gasteiger partial charge in [0.05, 0.1) is 22.1 Å². The van der Waals surface area contributed by atoms with Crippen LogP contribution in [0.3, 0.4) is 0 Å². The maximum Gasteiger partial charge on any atom is 0.343 e. The number of hydrogen-bond acceptors (Lipinski definition) is 7. The highest BCUT2D eigenvalue weighted by Crippen LogP contribution is 2.39. The van der Waals surface area contributed by atoms with Gasteiger partial charge in [-0.15, -0.1) is 0 Å². The molecular formula is C28H23BrN2O6S. The summed E-state index contributed by atoms with van der Waals surface area (Å²) in [5, 5.41) is 2.14. The van der Waals surface area contributed by atoms with E-state index in [9.17, 15) is 19.2 Å². The van der Waals surface area contributed by atoms with Gasteiger partial charge in [0.15, 0.2) is 11.5 Å². The van der Waals surface area contributed by atoms with Crippen LogP contribution >= 0.6 is 27.7 Å². The van der Waals surface area contributed by atoms with Crippen LogP contribution in [0.25, 0.3) is 6.08 Å². The van der Waals surface area contributed by atoms with E-state index in [4.69, 9.17) is 9.47 Å². The highest BCUT2D eigenvalue weighted by molar-refractivity contribution is 9.10. The molecule has 0 spiro atoms. The molecule has 1 heterocycles. The number of carbonyl (C=O) groups excluding carboxylic acids is 4. The quantitative estimate of drug-likeness (QED) is 0.204. The molecule has 3 aromatic carbocycles. The first kappa shape index (κ1) is 27.2. The van der Waals surface area contributed by atoms with E-state index >= 15 is 0 Å². The fraction of sp³-hybridized carbons (Fsp3) is 0.143. The summed E-state index contributed by atoms with van der Waals surface area (Å²) in [6.07, 6.45) is 1.52. The van der Waals surface area contributed by atoms with Crippen molar-refractivity contribution in [3.8, 4) is 11.5 Å². The number of thioether (sulfide) groups is 1. The van der Waals surface area contributed by atoms with E-state index in [0.29, 0.717) is 21.3 Å². The third-order valence-electron chi connectivity index (χ3n) is 5.54. The van der Waals surface area contributed by atoms with Crippen molar-refractivity contribution in [2.75, 3.05) is 19.0 Å². The van der Waals surface area contributed by atoms with Crippen molar-refractivity contribution >= 4 is 62.5 Å². The second kappa shape index (κ2) is 11.7. The Kier molecular flexibility index (Phi) is 8.33. The van der Waals surface area contributed by atoms with E-state index in [1.807, 2.05) is 38.1 Å². The van der Waals surface area contributed by atoms with Gasteiger partial charge in [-0.3, -0.25) is 19.3 Å². The van der Waals surface area contributed by atoms with Crippen LogP contribution in [0, 0.1) is 13.8 Å². The van der Waals surface area contributed by atoms with E-state index in [1.165, 1.54) is 13.2 Å². The number of aryl methyl sites for hydroxylation is 2. The molecular weight excluding hydrogens is 572 g/mol. The molecule has 1 fully saturated rings. The topological polar surface area (TPSA) is 102 Å². The Morgan fingerprint density at radius 3 is 2.26 bits per heavy atom. The van der Waals surface area contributed by atoms with Gasteiger partial charge in [0.2, 0.25) is 5.91 Å². The predicted octanol–water partition coefficient (Wildman–Crippen LogP) is 5.97. The summed E-state index contributed by atoms with van der Waals surface area (Å²) >= 11 is 4.14. The zero-order chi connectivity index (χ0) is 27.4. The molecule has 1 aliphatic heterocycles. The van der Waals surface area contributed by atoms with Gasteiger partial charge in [-0.1, -0.05) is 35.4 Å². The zero-order valence-electron chi connectivity index (χ0n) is 20.7. The molecule has 0 unspecified atom stereocenters. The monoisotopic (exact) mass is 594 g/mol. The molecule has 1 N–H and O–H groups in total. The largest absolute Gasteiger partial charge is 0.493 e. The minimum Gasteiger partial charge on any atom is -0.493 e. The van der Waals surface area contributed by atoms with Crippen LogP contribution in [0.15, 0.2) is 70.0 Å². The van der Waals surface area contributed by atoms with Gasteiger partial charge >= 0.3 is 5.97 Å². The summed E-state index contributed by atoms with van der Waals surface area (Å²) in [6, 6.07) is 17.4. The number of nitrogens with one attached hydrogen (secondary N) is 1. The molecule has 0 aromatic heterocycles. The highest BCUT2D eigenvalue weighted by Gasteiger charge is 2.36. The number of amides is 3. The SMILES string of the molecule is COc1cc(/C=C2\SC(=O)N(CC(=O)Nc3ccc(C)cc3)C2=O)cc(Br)c1OC(=O)c1ccc(C)cc1. The third kappa shape index (κ3) is 6.32. The maximum atomic E-state index is 12.9. The fourth-order valence-electron chi connectivity index (χ4n) is 3.53. The number of esters is 1. The van der Waals surface area contributed by atoms with Crippen molar-refractivity contribution < 1.29 is 28.7 Å². The number of halogens is 1. The lowest BCUT2D eigenvalue weighted by Gasteiger charge is -2.13. The molecule has 0 radical (unpaired) electrons. The van der Waals surface area contributed by atoms with Gasteiger partial charge in [-0.25, -0.2) is 4.79 Å². The summed E-state index contributed by atoms with van der Waals surface area (Å²) in [5.41, 5.74) is 3.54. The van der Waals surface area contributed by atoms with Crippen LogP contribution in [-0.2, 0) is 9.59 Å². The first-order valence-corrected chi connectivity index (χ1v) is 13.0. The van der Waals surface area contributed by atoms with Crippen molar-refractivity contribution in [1.29, 1.82) is 0 Å². The summed E-state index contributed by atoms with van der Waals surface area (Å²) in [5.74, 6) is -1.19. The van der Waals surface area contributed by atoms with Crippen LogP contribution in [0.4, 0.5) is 10.5 Å². The lowest BCUT2D eigenvalue weighted by Crippen LogP contribution is -2.36. The number of methoxy groups -OCH3 is 1. The summed E-state index contributed by atoms with van der Waals surface area (Å²) in [7, 11) is 1.43. The molecule has 38 heavy (non-hydrogen) atoms. The summed E-state index contributed by atoms with van der Waals surface area (Å²) < 4.78 is 11.4. The average molecular weight is 595 g/mol. The van der Waals surface area contributed by atoms with Crippen molar-refractivity contribution in [2.45, 2.75) is 13.8 Å². The van der Waals surface area contributed by atoms with Crippen LogP contribution in [0.5, 0.6) is 11.5 Å². The number of ether oxygens (including phenoxy) is 2. The molecule has 4 rings (SSSR count). The molecule has 10 heteroatoms. The van der Waals surface area contributed by atoms with E-state index in [-0.39, 0.29) is 16.4 Å². The number of imide groups is 1. The first-order valence-electron chi connectivity index (χ1n) is 11.4. The smallest absolute Gasteiger partial charge is 0.343 e. The summed E-state index contributed by atoms with van der Waals surface area (Å²) in [4.78, 5) is 51.5. The number of nitrogens with zero attached hydrogens (tertiary/aromatic N) is 1. The second-order valence-electron chi connectivity index (χ2n) is 8.47. The molecule has 0 bridgehead atoms. The number of carbonyl (C=O) groups is 4. The van der Waals surface area contributed by atoms with Gasteiger partial charge in [-0.2, -0.15) is 0 Å². The molecule has 8 nitrogen and oxygen atoms in total. The van der Waals surface area contributed by atoms with Crippen LogP contribution in [-0.4, -0.2) is 41.6 Å². The standard InChI is InChI=1S/C28H23BrN2O6S/c1-16-4-8-19(9-5-16)27(34)37-25-21(29)12-18(13-22(25)36-3)14-23-26(33)31(28(35)38-23)15-24(32)30-20-10-6-17(2)7-11-20/h4-14H,15H2,1-3H3,(H,30,32)/b23-14-. The fourth-order valence-corrected chi connectivity index (χ4v) is 4.91. The van der Waals surface area contributed by atoms with Crippen molar-refractivity contribution in [2.24, 2.45) is 0 Å². The molecule has 194 valence electrons. The van der Waals surface area contributed by atoms with Gasteiger partial charge in [-0.05, 0) is 89.6 Å². The number of hydrogen-bond donors (Lipinski definition) is 1. The van der Waals surface area contributed by atoms with Crippen LogP contribution in [0.2, 0.25) is 0 Å². The van der Waals surface area contributed by atoms with Crippen molar-refractivity contribution in [1.82, 2.24) is 4.90 Å². The Morgan fingerprint density at radius 2 is 1.63 bits per heavy atom. The average Bonchev–Trinajstić information content (AvgIpc) is 3.14. The lowest BCUT2D eigenvalue weighted by atomic mass is 10.1. The van der Waals surface area contributed by atoms with Gasteiger partial charge in [0.1, 0.15) is 6.54 Å². The van der Waals surface area contributed by atoms with Gasteiger partial charge < -0.3 is 14.8 Å². The van der Waals surface area contributed by atoms with E-state index in [0.717, 1.165) is 27.8 Å². The van der Waals surface area contributed by atoms with Gasteiger partial charge in [0.25, 0.3) is 11.1 Å². The third-order valence-corrected chi connectivity index (χ3v) is 7.04. The normalized spacial score (nSPS) is 14.1. The zero-order valence-corrected chi connectivity index (χ0v) is 23.1. The maximum absolute atomic E-state index is 12.9. The predicted molar refractivity (Wildman–Crippen MR) is 149 cm³/mol. The first-order chi connectivity index (χ1) is 18.1. The van der Waals surface area contributed by atoms with Crippen molar-refractivity contribution in [3.63, 3.8) is 0 Å². The Morgan fingerprint density at radius 1 is 1.00 bits per heavy atom. The lowest BCUT2D eigenvalue weighted by molar-refractivity contribution is -0.127. The van der Waals surface area contributed by atoms with Gasteiger partial charge in [0, 0.05) is 5.69 Å². The van der Waals surface area contributed by atoms with E-state index in [2.05, 4.69) is 21.2 Å². The molecule has 3 aromatic rings. The van der Waals surface area contributed by atoms with E-state index in [1.54, 1.807) is 36.4 Å². The Hall–Kier alpha value is -3.89. The Labute approximate surface area is 232 Å². The minimum absolute atomic E-state index is 0.150. The molecule has 0 atom stereocenters. The van der Waals surface area contributed by atoms with Crippen molar-refractivity contribution in [3.05, 3.63) is 92.3 Å². The molecule has 0 saturated carbocycles. The number of benzene rings is 3. The molecule has 0 aliphatic carbocycles. The molecule has 1 aliphatic rings. The summed E-state index contributed by atoms with van der Waals surface area (Å²) in [6.45, 7) is 3.44. The highest BCUT2D eigenvalue weighted by atomic mass is 79.9. The van der Waals surface area contributed by atoms with Crippen LogP contribution < -0.4 is 14.8 Å². The number of anilines is 1. The molecule has 1 saturated heterocycles. The Balaban J connectivity index is 1.49.